The SMILES string of the molecule is CC1C(OCCNC(=O)OC(C)(C)C)=CCc2[nH]c(=O)[nH]c21. The van der Waals surface area contributed by atoms with Gasteiger partial charge in [0.25, 0.3) is 0 Å². The summed E-state index contributed by atoms with van der Waals surface area (Å²) in [5.74, 6) is 0.790. The van der Waals surface area contributed by atoms with Gasteiger partial charge in [-0.1, -0.05) is 0 Å². The van der Waals surface area contributed by atoms with Gasteiger partial charge >= 0.3 is 11.8 Å². The maximum atomic E-state index is 11.5. The highest BCUT2D eigenvalue weighted by atomic mass is 16.6. The van der Waals surface area contributed by atoms with Crippen LogP contribution in [0, 0.1) is 0 Å². The van der Waals surface area contributed by atoms with Crippen molar-refractivity contribution in [3.05, 3.63) is 33.7 Å². The van der Waals surface area contributed by atoms with Crippen LogP contribution in [0.15, 0.2) is 16.6 Å². The second-order valence-corrected chi connectivity index (χ2v) is 6.28. The van der Waals surface area contributed by atoms with E-state index in [0.717, 1.165) is 17.1 Å². The quantitative estimate of drug-likeness (QED) is 0.739. The Morgan fingerprint density at radius 2 is 2.14 bits per heavy atom. The summed E-state index contributed by atoms with van der Waals surface area (Å²) in [7, 11) is 0. The molecule has 0 saturated heterocycles. The molecule has 1 aliphatic carbocycles. The number of H-pyrrole nitrogens is 2. The molecule has 0 bridgehead atoms. The van der Waals surface area contributed by atoms with Gasteiger partial charge in [0.2, 0.25) is 0 Å². The first kappa shape index (κ1) is 16.2. The third-order valence-electron chi connectivity index (χ3n) is 3.24. The molecule has 7 nitrogen and oxygen atoms in total. The topological polar surface area (TPSA) is 96.2 Å². The molecule has 1 atom stereocenters. The van der Waals surface area contributed by atoms with E-state index in [1.165, 1.54) is 0 Å². The van der Waals surface area contributed by atoms with Gasteiger partial charge in [-0.2, -0.15) is 0 Å². The Balaban J connectivity index is 1.77. The summed E-state index contributed by atoms with van der Waals surface area (Å²) < 4.78 is 10.8. The number of amides is 1. The fourth-order valence-corrected chi connectivity index (χ4v) is 2.31. The number of fused-ring (bicyclic) bond motifs is 1. The zero-order valence-electron chi connectivity index (χ0n) is 13.4. The molecule has 1 unspecified atom stereocenters. The van der Waals surface area contributed by atoms with E-state index in [-0.39, 0.29) is 11.6 Å². The number of aromatic nitrogens is 2. The van der Waals surface area contributed by atoms with Crippen molar-refractivity contribution in [1.82, 2.24) is 15.3 Å². The Labute approximate surface area is 129 Å². The summed E-state index contributed by atoms with van der Waals surface area (Å²) in [6.45, 7) is 8.11. The molecular weight excluding hydrogens is 286 g/mol. The molecule has 1 aromatic heterocycles. The van der Waals surface area contributed by atoms with Crippen LogP contribution in [0.3, 0.4) is 0 Å². The molecule has 0 aliphatic heterocycles. The molecular formula is C15H23N3O4. The lowest BCUT2D eigenvalue weighted by Crippen LogP contribution is -2.34. The van der Waals surface area contributed by atoms with Gasteiger partial charge in [0.05, 0.1) is 12.5 Å². The zero-order valence-corrected chi connectivity index (χ0v) is 13.4. The number of aromatic amines is 2. The van der Waals surface area contributed by atoms with Gasteiger partial charge in [-0.15, -0.1) is 0 Å². The molecule has 2 rings (SSSR count). The van der Waals surface area contributed by atoms with E-state index in [2.05, 4.69) is 15.3 Å². The standard InChI is InChI=1S/C15H23N3O4/c1-9-11(6-5-10-12(9)18-13(19)17-10)21-8-7-16-14(20)22-15(2,3)4/h6,9H,5,7-8H2,1-4H3,(H,16,20)(H2,17,18,19). The first-order chi connectivity index (χ1) is 10.3. The predicted octanol–water partition coefficient (Wildman–Crippen LogP) is 1.79. The summed E-state index contributed by atoms with van der Waals surface area (Å²) >= 11 is 0. The Kier molecular flexibility index (Phi) is 4.63. The van der Waals surface area contributed by atoms with Crippen molar-refractivity contribution < 1.29 is 14.3 Å². The van der Waals surface area contributed by atoms with E-state index in [1.807, 2.05) is 33.8 Å². The average molecular weight is 309 g/mol. The lowest BCUT2D eigenvalue weighted by atomic mass is 9.96. The molecule has 1 heterocycles. The molecule has 1 amide bonds. The number of carbonyl (C=O) groups is 1. The van der Waals surface area contributed by atoms with Gasteiger partial charge < -0.3 is 24.8 Å². The molecule has 122 valence electrons. The van der Waals surface area contributed by atoms with Crippen LogP contribution in [0.25, 0.3) is 0 Å². The Bertz CT molecular complexity index is 621. The molecule has 1 aromatic rings. The maximum absolute atomic E-state index is 11.5. The van der Waals surface area contributed by atoms with E-state index in [9.17, 15) is 9.59 Å². The van der Waals surface area contributed by atoms with Crippen molar-refractivity contribution in [2.75, 3.05) is 13.2 Å². The van der Waals surface area contributed by atoms with Crippen molar-refractivity contribution in [3.8, 4) is 0 Å². The van der Waals surface area contributed by atoms with Crippen LogP contribution in [0.4, 0.5) is 4.79 Å². The van der Waals surface area contributed by atoms with Crippen molar-refractivity contribution in [2.24, 2.45) is 0 Å². The largest absolute Gasteiger partial charge is 0.496 e. The van der Waals surface area contributed by atoms with E-state index in [4.69, 9.17) is 9.47 Å². The molecule has 0 fully saturated rings. The van der Waals surface area contributed by atoms with E-state index in [1.54, 1.807) is 0 Å². The highest BCUT2D eigenvalue weighted by Gasteiger charge is 2.23. The van der Waals surface area contributed by atoms with Crippen LogP contribution < -0.4 is 11.0 Å². The molecule has 0 spiro atoms. The zero-order chi connectivity index (χ0) is 16.3. The van der Waals surface area contributed by atoms with Crippen molar-refractivity contribution in [3.63, 3.8) is 0 Å². The van der Waals surface area contributed by atoms with Crippen LogP contribution in [0.5, 0.6) is 0 Å². The van der Waals surface area contributed by atoms with Gasteiger partial charge in [-0.25, -0.2) is 9.59 Å². The molecule has 0 radical (unpaired) electrons. The summed E-state index contributed by atoms with van der Waals surface area (Å²) in [4.78, 5) is 28.4. The first-order valence-electron chi connectivity index (χ1n) is 7.37. The minimum atomic E-state index is -0.512. The van der Waals surface area contributed by atoms with Crippen LogP contribution in [0.1, 0.15) is 45.0 Å². The number of nitrogens with one attached hydrogen (secondary N) is 3. The Morgan fingerprint density at radius 1 is 1.41 bits per heavy atom. The Morgan fingerprint density at radius 3 is 2.82 bits per heavy atom. The number of allylic oxidation sites excluding steroid dienone is 2. The lowest BCUT2D eigenvalue weighted by Gasteiger charge is -2.22. The normalized spacial score (nSPS) is 17.5. The monoisotopic (exact) mass is 309 g/mol. The van der Waals surface area contributed by atoms with Crippen LogP contribution in [-0.2, 0) is 15.9 Å². The molecule has 1 aliphatic rings. The molecule has 0 saturated carbocycles. The second kappa shape index (κ2) is 6.29. The second-order valence-electron chi connectivity index (χ2n) is 6.28. The van der Waals surface area contributed by atoms with E-state index in [0.29, 0.717) is 19.6 Å². The van der Waals surface area contributed by atoms with Gasteiger partial charge in [-0.3, -0.25) is 0 Å². The molecule has 7 heteroatoms. The number of hydrogen-bond donors (Lipinski definition) is 3. The highest BCUT2D eigenvalue weighted by molar-refractivity contribution is 5.67. The van der Waals surface area contributed by atoms with Crippen LogP contribution in [-0.4, -0.2) is 34.8 Å². The fraction of sp³-hybridized carbons (Fsp3) is 0.600. The van der Waals surface area contributed by atoms with Crippen molar-refractivity contribution in [2.45, 2.75) is 45.6 Å². The summed E-state index contributed by atoms with van der Waals surface area (Å²) in [6, 6.07) is 0. The number of ether oxygens (including phenoxy) is 2. The Hall–Kier alpha value is -2.18. The third-order valence-corrected chi connectivity index (χ3v) is 3.24. The number of imidazole rings is 1. The number of hydrogen-bond acceptors (Lipinski definition) is 4. The van der Waals surface area contributed by atoms with Crippen molar-refractivity contribution in [1.29, 1.82) is 0 Å². The summed E-state index contributed by atoms with van der Waals surface area (Å²) in [5, 5.41) is 2.64. The number of carbonyl (C=O) groups excluding carboxylic acids is 1. The average Bonchev–Trinajstić information content (AvgIpc) is 2.76. The third kappa shape index (κ3) is 4.16. The fourth-order valence-electron chi connectivity index (χ4n) is 2.31. The van der Waals surface area contributed by atoms with Gasteiger partial charge in [0.15, 0.2) is 0 Å². The highest BCUT2D eigenvalue weighted by Crippen LogP contribution is 2.29. The minimum absolute atomic E-state index is 0.00998. The van der Waals surface area contributed by atoms with Crippen LogP contribution >= 0.6 is 0 Å². The lowest BCUT2D eigenvalue weighted by molar-refractivity contribution is 0.0511. The van der Waals surface area contributed by atoms with Gasteiger partial charge in [-0.05, 0) is 33.8 Å². The summed E-state index contributed by atoms with van der Waals surface area (Å²) in [5.41, 5.74) is 1.06. The first-order valence-corrected chi connectivity index (χ1v) is 7.37. The molecule has 3 N–H and O–H groups in total. The van der Waals surface area contributed by atoms with Gasteiger partial charge in [0, 0.05) is 17.8 Å². The molecule has 0 aromatic carbocycles. The number of alkyl carbamates (subject to hydrolysis) is 1. The molecule has 22 heavy (non-hydrogen) atoms. The minimum Gasteiger partial charge on any atom is -0.496 e. The van der Waals surface area contributed by atoms with E-state index < -0.39 is 11.7 Å². The van der Waals surface area contributed by atoms with E-state index >= 15 is 0 Å². The number of rotatable bonds is 4. The summed E-state index contributed by atoms with van der Waals surface area (Å²) in [6.07, 6.45) is 2.12. The van der Waals surface area contributed by atoms with Gasteiger partial charge in [0.1, 0.15) is 18.0 Å². The predicted molar refractivity (Wildman–Crippen MR) is 81.8 cm³/mol. The smallest absolute Gasteiger partial charge is 0.407 e. The van der Waals surface area contributed by atoms with Crippen LogP contribution in [0.2, 0.25) is 0 Å². The maximum Gasteiger partial charge on any atom is 0.407 e. The van der Waals surface area contributed by atoms with Crippen molar-refractivity contribution >= 4 is 6.09 Å².